The van der Waals surface area contributed by atoms with E-state index < -0.39 is 0 Å². The number of carbonyl (C=O) groups is 1. The first-order valence-corrected chi connectivity index (χ1v) is 7.97. The van der Waals surface area contributed by atoms with E-state index in [4.69, 9.17) is 23.2 Å². The van der Waals surface area contributed by atoms with Crippen molar-refractivity contribution in [2.24, 2.45) is 0 Å². The van der Waals surface area contributed by atoms with E-state index in [1.807, 2.05) is 19.0 Å². The molecule has 122 valence electrons. The van der Waals surface area contributed by atoms with Crippen LogP contribution in [0.5, 0.6) is 0 Å². The van der Waals surface area contributed by atoms with Gasteiger partial charge in [0, 0.05) is 32.0 Å². The van der Waals surface area contributed by atoms with Crippen LogP contribution >= 0.6 is 23.2 Å². The Morgan fingerprint density at radius 3 is 2.35 bits per heavy atom. The molecular formula is C17H19Cl2N3O. The topological polar surface area (TPSA) is 44.4 Å². The third-order valence-electron chi connectivity index (χ3n) is 3.33. The SMILES string of the molecule is CN(C)c1ccc(CCNC(=O)Nc2ccc(Cl)c(Cl)c2)cc1. The Labute approximate surface area is 146 Å². The summed E-state index contributed by atoms with van der Waals surface area (Å²) >= 11 is 11.7. The fraction of sp³-hybridized carbons (Fsp3) is 0.235. The van der Waals surface area contributed by atoms with E-state index in [1.165, 1.54) is 5.56 Å². The summed E-state index contributed by atoms with van der Waals surface area (Å²) in [5.41, 5.74) is 2.93. The van der Waals surface area contributed by atoms with E-state index >= 15 is 0 Å². The zero-order valence-corrected chi connectivity index (χ0v) is 14.6. The summed E-state index contributed by atoms with van der Waals surface area (Å²) in [5.74, 6) is 0. The van der Waals surface area contributed by atoms with Gasteiger partial charge < -0.3 is 15.5 Å². The normalized spacial score (nSPS) is 10.3. The molecule has 2 aromatic carbocycles. The average molecular weight is 352 g/mol. The minimum absolute atomic E-state index is 0.270. The van der Waals surface area contributed by atoms with Crippen LogP contribution in [-0.4, -0.2) is 26.7 Å². The third-order valence-corrected chi connectivity index (χ3v) is 4.07. The predicted octanol–water partition coefficient (Wildman–Crippen LogP) is 4.42. The highest BCUT2D eigenvalue weighted by Gasteiger charge is 2.04. The number of carbonyl (C=O) groups excluding carboxylic acids is 1. The zero-order chi connectivity index (χ0) is 16.8. The first-order chi connectivity index (χ1) is 11.0. The minimum Gasteiger partial charge on any atom is -0.378 e. The van der Waals surface area contributed by atoms with Crippen LogP contribution in [0.4, 0.5) is 16.2 Å². The Kier molecular flexibility index (Phi) is 6.13. The number of halogens is 2. The fourth-order valence-electron chi connectivity index (χ4n) is 2.03. The summed E-state index contributed by atoms with van der Waals surface area (Å²) in [5, 5.41) is 6.40. The summed E-state index contributed by atoms with van der Waals surface area (Å²) in [7, 11) is 4.01. The number of amides is 2. The van der Waals surface area contributed by atoms with Crippen molar-refractivity contribution in [3.05, 3.63) is 58.1 Å². The molecule has 0 atom stereocenters. The summed E-state index contributed by atoms with van der Waals surface area (Å²) in [4.78, 5) is 13.9. The molecular weight excluding hydrogens is 333 g/mol. The Bertz CT molecular complexity index is 672. The van der Waals surface area contributed by atoms with Crippen molar-refractivity contribution in [1.29, 1.82) is 0 Å². The van der Waals surface area contributed by atoms with Gasteiger partial charge in [0.05, 0.1) is 10.0 Å². The van der Waals surface area contributed by atoms with Crippen LogP contribution in [0.15, 0.2) is 42.5 Å². The second-order valence-corrected chi connectivity index (χ2v) is 6.14. The molecule has 23 heavy (non-hydrogen) atoms. The molecule has 0 saturated heterocycles. The molecule has 0 bridgehead atoms. The number of urea groups is 1. The number of hydrogen-bond donors (Lipinski definition) is 2. The first kappa shape index (κ1) is 17.4. The molecule has 0 aliphatic carbocycles. The van der Waals surface area contributed by atoms with Crippen LogP contribution in [0.3, 0.4) is 0 Å². The maximum absolute atomic E-state index is 11.8. The van der Waals surface area contributed by atoms with Gasteiger partial charge in [-0.25, -0.2) is 4.79 Å². The van der Waals surface area contributed by atoms with Gasteiger partial charge in [-0.05, 0) is 42.3 Å². The number of hydrogen-bond acceptors (Lipinski definition) is 2. The molecule has 0 aliphatic heterocycles. The van der Waals surface area contributed by atoms with Gasteiger partial charge in [-0.1, -0.05) is 35.3 Å². The second-order valence-electron chi connectivity index (χ2n) is 5.32. The van der Waals surface area contributed by atoms with Crippen molar-refractivity contribution in [1.82, 2.24) is 5.32 Å². The number of benzene rings is 2. The lowest BCUT2D eigenvalue weighted by atomic mass is 10.1. The van der Waals surface area contributed by atoms with E-state index in [9.17, 15) is 4.79 Å². The molecule has 0 fully saturated rings. The number of anilines is 2. The Balaban J connectivity index is 1.79. The highest BCUT2D eigenvalue weighted by molar-refractivity contribution is 6.42. The lowest BCUT2D eigenvalue weighted by Gasteiger charge is -2.13. The number of nitrogens with zero attached hydrogens (tertiary/aromatic N) is 1. The lowest BCUT2D eigenvalue weighted by Crippen LogP contribution is -2.30. The predicted molar refractivity (Wildman–Crippen MR) is 98.0 cm³/mol. The van der Waals surface area contributed by atoms with Crippen molar-refractivity contribution in [3.63, 3.8) is 0 Å². The van der Waals surface area contributed by atoms with Gasteiger partial charge in [-0.15, -0.1) is 0 Å². The van der Waals surface area contributed by atoms with Crippen LogP contribution in [0.1, 0.15) is 5.56 Å². The molecule has 0 heterocycles. The summed E-state index contributed by atoms with van der Waals surface area (Å²) in [6.07, 6.45) is 0.766. The molecule has 0 aromatic heterocycles. The van der Waals surface area contributed by atoms with E-state index in [1.54, 1.807) is 18.2 Å². The highest BCUT2D eigenvalue weighted by atomic mass is 35.5. The van der Waals surface area contributed by atoms with Crippen LogP contribution in [0.2, 0.25) is 10.0 Å². The Morgan fingerprint density at radius 2 is 1.74 bits per heavy atom. The van der Waals surface area contributed by atoms with Gasteiger partial charge in [0.25, 0.3) is 0 Å². The van der Waals surface area contributed by atoms with Crippen molar-refractivity contribution in [2.45, 2.75) is 6.42 Å². The van der Waals surface area contributed by atoms with E-state index in [0.717, 1.165) is 12.1 Å². The molecule has 0 radical (unpaired) electrons. The summed E-state index contributed by atoms with van der Waals surface area (Å²) < 4.78 is 0. The second kappa shape index (κ2) is 8.09. The molecule has 2 amide bonds. The quantitative estimate of drug-likeness (QED) is 0.837. The van der Waals surface area contributed by atoms with E-state index in [2.05, 4.69) is 34.9 Å². The van der Waals surface area contributed by atoms with Crippen LogP contribution in [0, 0.1) is 0 Å². The monoisotopic (exact) mass is 351 g/mol. The van der Waals surface area contributed by atoms with E-state index in [0.29, 0.717) is 22.3 Å². The maximum Gasteiger partial charge on any atom is 0.319 e. The number of rotatable bonds is 5. The Morgan fingerprint density at radius 1 is 1.04 bits per heavy atom. The molecule has 2 rings (SSSR count). The summed E-state index contributed by atoms with van der Waals surface area (Å²) in [6, 6.07) is 12.9. The van der Waals surface area contributed by atoms with Gasteiger partial charge in [-0.3, -0.25) is 0 Å². The van der Waals surface area contributed by atoms with Gasteiger partial charge in [0.2, 0.25) is 0 Å². The standard InChI is InChI=1S/C17H19Cl2N3O/c1-22(2)14-6-3-12(4-7-14)9-10-20-17(23)21-13-5-8-15(18)16(19)11-13/h3-8,11H,9-10H2,1-2H3,(H2,20,21,23). The summed E-state index contributed by atoms with van der Waals surface area (Å²) in [6.45, 7) is 0.550. The highest BCUT2D eigenvalue weighted by Crippen LogP contribution is 2.24. The van der Waals surface area contributed by atoms with Crippen molar-refractivity contribution >= 4 is 40.6 Å². The number of nitrogens with one attached hydrogen (secondary N) is 2. The molecule has 0 saturated carbocycles. The molecule has 0 aliphatic rings. The lowest BCUT2D eigenvalue weighted by molar-refractivity contribution is 0.252. The van der Waals surface area contributed by atoms with Crippen LogP contribution < -0.4 is 15.5 Å². The van der Waals surface area contributed by atoms with E-state index in [-0.39, 0.29) is 6.03 Å². The third kappa shape index (κ3) is 5.34. The van der Waals surface area contributed by atoms with Crippen LogP contribution in [0.25, 0.3) is 0 Å². The van der Waals surface area contributed by atoms with Gasteiger partial charge in [-0.2, -0.15) is 0 Å². The van der Waals surface area contributed by atoms with Crippen LogP contribution in [-0.2, 0) is 6.42 Å². The average Bonchev–Trinajstić information content (AvgIpc) is 2.51. The molecule has 2 aromatic rings. The van der Waals surface area contributed by atoms with Gasteiger partial charge >= 0.3 is 6.03 Å². The molecule has 0 unspecified atom stereocenters. The van der Waals surface area contributed by atoms with Crippen molar-refractivity contribution in [3.8, 4) is 0 Å². The zero-order valence-electron chi connectivity index (χ0n) is 13.1. The fourth-order valence-corrected chi connectivity index (χ4v) is 2.33. The Hall–Kier alpha value is -1.91. The molecule has 4 nitrogen and oxygen atoms in total. The van der Waals surface area contributed by atoms with Crippen molar-refractivity contribution in [2.75, 3.05) is 30.9 Å². The van der Waals surface area contributed by atoms with Gasteiger partial charge in [0.1, 0.15) is 0 Å². The maximum atomic E-state index is 11.8. The molecule has 6 heteroatoms. The molecule has 0 spiro atoms. The van der Waals surface area contributed by atoms with Crippen molar-refractivity contribution < 1.29 is 4.79 Å². The van der Waals surface area contributed by atoms with Gasteiger partial charge in [0.15, 0.2) is 0 Å². The molecule has 2 N–H and O–H groups in total. The smallest absolute Gasteiger partial charge is 0.319 e. The first-order valence-electron chi connectivity index (χ1n) is 7.22. The largest absolute Gasteiger partial charge is 0.378 e. The minimum atomic E-state index is -0.270.